The molecule has 2 aliphatic heterocycles. The van der Waals surface area contributed by atoms with Gasteiger partial charge in [-0.15, -0.1) is 0 Å². The molecule has 0 saturated carbocycles. The average molecular weight is 817 g/mol. The summed E-state index contributed by atoms with van der Waals surface area (Å²) < 4.78 is 65.5. The van der Waals surface area contributed by atoms with Crippen molar-refractivity contribution in [3.8, 4) is 40.2 Å². The lowest BCUT2D eigenvalue weighted by atomic mass is 9.84. The molecule has 0 N–H and O–H groups in total. The number of carbonyl (C=O) groups is 2. The van der Waals surface area contributed by atoms with E-state index >= 15 is 8.78 Å². The number of ether oxygens (including phenoxy) is 6. The summed E-state index contributed by atoms with van der Waals surface area (Å²) in [5.41, 5.74) is 2.16. The van der Waals surface area contributed by atoms with Crippen LogP contribution >= 0.6 is 0 Å². The Morgan fingerprint density at radius 1 is 0.867 bits per heavy atom. The Balaban J connectivity index is 0.972. The molecule has 0 amide bonds. The topological polar surface area (TPSA) is 89.5 Å². The van der Waals surface area contributed by atoms with Crippen LogP contribution in [0, 0.1) is 35.8 Å². The summed E-state index contributed by atoms with van der Waals surface area (Å²) in [6.07, 6.45) is 8.17. The standard InChI is InChI=1S/C50H50F2O8/c1-3-50(32-56-33-50)31-55-25-9-4-5-10-26-57-44-24-20-38(28-34(44)2)49(54)60-48-39(30-53)29-37(41-12-6-7-13-43(41)48)16-15-36-19-23-42(47(52)46(36)51)35-17-21-40(22-18-35)59-45-14-8-11-27-58-45/h6-7,12-13,17-24,28-30,45H,3-5,8-11,14,25-27,31-33H2,1-2H3. The molecule has 0 radical (unpaired) electrons. The van der Waals surface area contributed by atoms with Gasteiger partial charge < -0.3 is 28.4 Å². The Morgan fingerprint density at radius 3 is 2.33 bits per heavy atom. The van der Waals surface area contributed by atoms with Crippen molar-refractivity contribution >= 4 is 23.0 Å². The number of aryl methyl sites for hydroxylation is 1. The molecule has 2 heterocycles. The van der Waals surface area contributed by atoms with Crippen LogP contribution in [0.15, 0.2) is 84.9 Å². The lowest BCUT2D eigenvalue weighted by Crippen LogP contribution is -2.45. The third-order valence-electron chi connectivity index (χ3n) is 11.2. The fraction of sp³-hybridized carbons (Fsp3) is 0.360. The summed E-state index contributed by atoms with van der Waals surface area (Å²) in [5, 5.41) is 1.03. The predicted octanol–water partition coefficient (Wildman–Crippen LogP) is 10.8. The zero-order valence-corrected chi connectivity index (χ0v) is 34.2. The highest BCUT2D eigenvalue weighted by Gasteiger charge is 2.36. The second kappa shape index (κ2) is 20.1. The van der Waals surface area contributed by atoms with E-state index in [0.29, 0.717) is 58.5 Å². The van der Waals surface area contributed by atoms with Crippen molar-refractivity contribution in [2.45, 2.75) is 71.5 Å². The quantitative estimate of drug-likeness (QED) is 0.0301. The summed E-state index contributed by atoms with van der Waals surface area (Å²) in [4.78, 5) is 25.9. The van der Waals surface area contributed by atoms with Gasteiger partial charge in [-0.05, 0) is 105 Å². The maximum Gasteiger partial charge on any atom is 0.343 e. The molecule has 8 nitrogen and oxygen atoms in total. The van der Waals surface area contributed by atoms with Crippen LogP contribution < -0.4 is 14.2 Å². The van der Waals surface area contributed by atoms with Crippen LogP contribution in [0.3, 0.4) is 0 Å². The van der Waals surface area contributed by atoms with E-state index in [2.05, 4.69) is 18.8 Å². The minimum atomic E-state index is -1.09. The Labute approximate surface area is 350 Å². The highest BCUT2D eigenvalue weighted by Crippen LogP contribution is 2.34. The largest absolute Gasteiger partial charge is 0.493 e. The second-order valence-electron chi connectivity index (χ2n) is 15.5. The van der Waals surface area contributed by atoms with Gasteiger partial charge in [0.25, 0.3) is 0 Å². The van der Waals surface area contributed by atoms with Gasteiger partial charge in [-0.3, -0.25) is 4.79 Å². The Hall–Kier alpha value is -5.60. The molecular formula is C50H50F2O8. The summed E-state index contributed by atoms with van der Waals surface area (Å²) in [5.74, 6) is 4.23. The van der Waals surface area contributed by atoms with Crippen molar-refractivity contribution in [3.63, 3.8) is 0 Å². The molecule has 2 fully saturated rings. The van der Waals surface area contributed by atoms with Gasteiger partial charge in [0.15, 0.2) is 24.2 Å². The molecule has 1 atom stereocenters. The van der Waals surface area contributed by atoms with Gasteiger partial charge in [0.05, 0.1) is 49.7 Å². The van der Waals surface area contributed by atoms with Gasteiger partial charge in [0, 0.05) is 40.3 Å². The number of benzene rings is 5. The van der Waals surface area contributed by atoms with Crippen LogP contribution in [0.5, 0.6) is 17.2 Å². The SMILES string of the molecule is CCC1(COCCCCCCOc2ccc(C(=O)Oc3c(C=O)cc(C#Cc4ccc(-c5ccc(OC6CCCCO6)cc5)c(F)c4F)c4ccccc34)cc2C)COC1. The van der Waals surface area contributed by atoms with Crippen molar-refractivity contribution in [2.75, 3.05) is 39.6 Å². The molecule has 5 aromatic carbocycles. The average Bonchev–Trinajstić information content (AvgIpc) is 3.26. The number of rotatable bonds is 17. The number of carbonyl (C=O) groups excluding carboxylic acids is 2. The fourth-order valence-electron chi connectivity index (χ4n) is 7.35. The molecular weight excluding hydrogens is 767 g/mol. The summed E-state index contributed by atoms with van der Waals surface area (Å²) >= 11 is 0. The van der Waals surface area contributed by atoms with E-state index < -0.39 is 17.6 Å². The molecule has 7 rings (SSSR count). The molecule has 1 unspecified atom stereocenters. The molecule has 0 bridgehead atoms. The highest BCUT2D eigenvalue weighted by molar-refractivity contribution is 6.03. The first-order valence-electron chi connectivity index (χ1n) is 20.8. The van der Waals surface area contributed by atoms with Crippen molar-refractivity contribution < 1.29 is 46.8 Å². The second-order valence-corrected chi connectivity index (χ2v) is 15.5. The van der Waals surface area contributed by atoms with E-state index in [1.165, 1.54) is 18.2 Å². The maximum absolute atomic E-state index is 15.5. The number of fused-ring (bicyclic) bond motifs is 1. The summed E-state index contributed by atoms with van der Waals surface area (Å²) in [7, 11) is 0. The zero-order valence-electron chi connectivity index (χ0n) is 34.2. The first-order valence-corrected chi connectivity index (χ1v) is 20.8. The van der Waals surface area contributed by atoms with Crippen LogP contribution in [0.2, 0.25) is 0 Å². The van der Waals surface area contributed by atoms with E-state index in [-0.39, 0.29) is 34.1 Å². The number of esters is 1. The molecule has 0 aromatic heterocycles. The highest BCUT2D eigenvalue weighted by atomic mass is 19.2. The molecule has 60 heavy (non-hydrogen) atoms. The van der Waals surface area contributed by atoms with E-state index in [0.717, 1.165) is 83.4 Å². The monoisotopic (exact) mass is 816 g/mol. The normalized spacial score (nSPS) is 15.7. The first-order chi connectivity index (χ1) is 29.3. The summed E-state index contributed by atoms with van der Waals surface area (Å²) in [6.45, 7) is 8.37. The zero-order chi connectivity index (χ0) is 41.9. The molecule has 0 spiro atoms. The molecule has 0 aliphatic carbocycles. The molecule has 10 heteroatoms. The Morgan fingerprint density at radius 2 is 1.63 bits per heavy atom. The van der Waals surface area contributed by atoms with Gasteiger partial charge in [-0.25, -0.2) is 13.6 Å². The van der Waals surface area contributed by atoms with E-state index in [1.807, 2.05) is 6.92 Å². The number of aldehydes is 1. The number of unbranched alkanes of at least 4 members (excludes halogenated alkanes) is 3. The predicted molar refractivity (Wildman–Crippen MR) is 226 cm³/mol. The van der Waals surface area contributed by atoms with Crippen LogP contribution in [-0.2, 0) is 14.2 Å². The van der Waals surface area contributed by atoms with Gasteiger partial charge in [-0.2, -0.15) is 0 Å². The van der Waals surface area contributed by atoms with Crippen LogP contribution in [0.25, 0.3) is 21.9 Å². The molecule has 5 aromatic rings. The minimum Gasteiger partial charge on any atom is -0.493 e. The van der Waals surface area contributed by atoms with E-state index in [4.69, 9.17) is 28.4 Å². The minimum absolute atomic E-state index is 0.0747. The molecule has 2 saturated heterocycles. The third kappa shape index (κ3) is 10.2. The lowest BCUT2D eigenvalue weighted by molar-refractivity contribution is -0.150. The van der Waals surface area contributed by atoms with Crippen molar-refractivity contribution in [1.29, 1.82) is 0 Å². The third-order valence-corrected chi connectivity index (χ3v) is 11.2. The van der Waals surface area contributed by atoms with Crippen LogP contribution in [0.4, 0.5) is 8.78 Å². The smallest absolute Gasteiger partial charge is 0.343 e. The van der Waals surface area contributed by atoms with Crippen LogP contribution in [-0.4, -0.2) is 58.2 Å². The van der Waals surface area contributed by atoms with Gasteiger partial charge in [-0.1, -0.05) is 61.6 Å². The Kier molecular flexibility index (Phi) is 14.2. The Bertz CT molecular complexity index is 2350. The maximum atomic E-state index is 15.5. The van der Waals surface area contributed by atoms with Crippen molar-refractivity contribution in [1.82, 2.24) is 0 Å². The molecule has 2 aliphatic rings. The number of hydrogen-bond donors (Lipinski definition) is 0. The fourth-order valence-corrected chi connectivity index (χ4v) is 7.35. The lowest BCUT2D eigenvalue weighted by Gasteiger charge is -2.40. The van der Waals surface area contributed by atoms with E-state index in [1.54, 1.807) is 66.7 Å². The van der Waals surface area contributed by atoms with Crippen molar-refractivity contribution in [2.24, 2.45) is 5.41 Å². The van der Waals surface area contributed by atoms with Crippen molar-refractivity contribution in [3.05, 3.63) is 124 Å². The summed E-state index contributed by atoms with van der Waals surface area (Å²) in [6, 6.07) is 23.2. The first kappa shape index (κ1) is 42.5. The van der Waals surface area contributed by atoms with Crippen LogP contribution in [0.1, 0.15) is 95.7 Å². The number of halogens is 2. The van der Waals surface area contributed by atoms with Gasteiger partial charge in [0.1, 0.15) is 17.2 Å². The van der Waals surface area contributed by atoms with E-state index in [9.17, 15) is 9.59 Å². The van der Waals surface area contributed by atoms with Gasteiger partial charge in [0.2, 0.25) is 0 Å². The number of hydrogen-bond acceptors (Lipinski definition) is 8. The van der Waals surface area contributed by atoms with Gasteiger partial charge >= 0.3 is 5.97 Å². The molecule has 312 valence electrons.